The summed E-state index contributed by atoms with van der Waals surface area (Å²) in [4.78, 5) is 0. The van der Waals surface area contributed by atoms with Crippen molar-refractivity contribution in [1.82, 2.24) is 0 Å². The molecule has 1 fully saturated rings. The molecule has 0 aromatic heterocycles. The van der Waals surface area contributed by atoms with Crippen molar-refractivity contribution in [3.05, 3.63) is 53.1 Å². The Morgan fingerprint density at radius 2 is 1.83 bits per heavy atom. The van der Waals surface area contributed by atoms with Crippen LogP contribution in [-0.4, -0.2) is 25.2 Å². The molecule has 2 nitrogen and oxygen atoms in total. The van der Waals surface area contributed by atoms with E-state index in [0.29, 0.717) is 12.1 Å². The molecular weight excluding hydrogens is 267 g/mol. The minimum Gasteiger partial charge on any atom is -0.660 e. The van der Waals surface area contributed by atoms with Gasteiger partial charge in [-0.25, -0.2) is 12.1 Å². The Bertz CT molecular complexity index is 285. The van der Waals surface area contributed by atoms with Gasteiger partial charge < -0.3 is 10.6 Å². The first-order valence-corrected chi connectivity index (χ1v) is 6.63. The maximum absolute atomic E-state index is 4.61. The van der Waals surface area contributed by atoms with Gasteiger partial charge in [-0.15, -0.1) is 31.2 Å². The van der Waals surface area contributed by atoms with Crippen LogP contribution in [0.15, 0.2) is 42.5 Å². The maximum atomic E-state index is 4.61. The molecule has 0 radical (unpaired) electrons. The molecule has 0 aliphatic carbocycles. The van der Waals surface area contributed by atoms with Crippen LogP contribution < -0.4 is 0 Å². The predicted molar refractivity (Wildman–Crippen MR) is 73.7 cm³/mol. The van der Waals surface area contributed by atoms with E-state index in [0.717, 1.165) is 19.5 Å². The van der Waals surface area contributed by atoms with E-state index in [9.17, 15) is 0 Å². The van der Waals surface area contributed by atoms with Gasteiger partial charge in [-0.1, -0.05) is 31.8 Å². The third-order valence-electron chi connectivity index (χ3n) is 3.19. The molecule has 3 rings (SSSR count). The van der Waals surface area contributed by atoms with Gasteiger partial charge in [-0.05, 0) is 0 Å². The quantitative estimate of drug-likeness (QED) is 0.424. The molecule has 104 valence electrons. The summed E-state index contributed by atoms with van der Waals surface area (Å²) in [5.41, 5.74) is 0. The molecule has 0 N–H and O–H groups in total. The van der Waals surface area contributed by atoms with Crippen molar-refractivity contribution in [3.8, 4) is 0 Å². The summed E-state index contributed by atoms with van der Waals surface area (Å²) < 4.78 is 0. The Kier molecular flexibility index (Phi) is 8.16. The number of hydrogen-bond donors (Lipinski definition) is 0. The van der Waals surface area contributed by atoms with Crippen molar-refractivity contribution in [2.75, 3.05) is 13.1 Å². The molecule has 2 aliphatic heterocycles. The fourth-order valence-electron chi connectivity index (χ4n) is 2.26. The number of hydrogen-bond acceptors (Lipinski definition) is 0. The molecule has 0 amide bonds. The van der Waals surface area contributed by atoms with Gasteiger partial charge in [0.25, 0.3) is 0 Å². The molecule has 2 aliphatic rings. The second-order valence-electron chi connectivity index (χ2n) is 4.55. The van der Waals surface area contributed by atoms with Gasteiger partial charge >= 0.3 is 0 Å². The number of nitrogens with zero attached hydrogens (tertiary/aromatic N) is 2. The molecule has 2 heterocycles. The molecule has 3 heteroatoms. The van der Waals surface area contributed by atoms with Gasteiger partial charge in [-0.3, -0.25) is 0 Å². The molecule has 0 spiro atoms. The molecule has 0 bridgehead atoms. The van der Waals surface area contributed by atoms with E-state index < -0.39 is 0 Å². The fourth-order valence-corrected chi connectivity index (χ4v) is 2.26. The Balaban J connectivity index is 0.000000230. The van der Waals surface area contributed by atoms with Gasteiger partial charge in [0.05, 0.1) is 0 Å². The van der Waals surface area contributed by atoms with Gasteiger partial charge in [0.2, 0.25) is 0 Å². The Morgan fingerprint density at radius 3 is 2.33 bits per heavy atom. The minimum atomic E-state index is 0. The Hall–Kier alpha value is -0.496. The standard InChI is InChI=1S/C10H16N2.C5H5.Ni/c1-3-7-11-9(5-1)10-6-2-4-8-12-10;1-2-4-5-3-1;/h1,5,9-10H,2-4,6-8H2;1-5H;/q-2;-1;. The molecule has 2 unspecified atom stereocenters. The summed E-state index contributed by atoms with van der Waals surface area (Å²) in [5, 5.41) is 9.18. The van der Waals surface area contributed by atoms with E-state index in [-0.39, 0.29) is 16.5 Å². The van der Waals surface area contributed by atoms with Crippen LogP contribution in [0.4, 0.5) is 0 Å². The van der Waals surface area contributed by atoms with E-state index in [1.807, 2.05) is 30.3 Å². The number of piperidine rings is 1. The second-order valence-corrected chi connectivity index (χ2v) is 4.55. The molecule has 2 atom stereocenters. The first-order valence-electron chi connectivity index (χ1n) is 6.63. The monoisotopic (exact) mass is 287 g/mol. The van der Waals surface area contributed by atoms with Gasteiger partial charge in [0.1, 0.15) is 0 Å². The van der Waals surface area contributed by atoms with Crippen LogP contribution >= 0.6 is 0 Å². The van der Waals surface area contributed by atoms with Crippen LogP contribution in [0.2, 0.25) is 0 Å². The van der Waals surface area contributed by atoms with Gasteiger partial charge in [0.15, 0.2) is 0 Å². The van der Waals surface area contributed by atoms with E-state index in [1.54, 1.807) is 0 Å². The molecular formula is C15H21N2Ni-3. The van der Waals surface area contributed by atoms with E-state index in [4.69, 9.17) is 0 Å². The molecule has 18 heavy (non-hydrogen) atoms. The van der Waals surface area contributed by atoms with Crippen molar-refractivity contribution in [2.45, 2.75) is 37.8 Å². The summed E-state index contributed by atoms with van der Waals surface area (Å²) in [6.07, 6.45) is 9.49. The van der Waals surface area contributed by atoms with Crippen molar-refractivity contribution >= 4 is 0 Å². The zero-order valence-electron chi connectivity index (χ0n) is 10.6. The number of rotatable bonds is 1. The normalized spacial score (nSPS) is 26.7. The van der Waals surface area contributed by atoms with Crippen molar-refractivity contribution in [3.63, 3.8) is 0 Å². The average molecular weight is 288 g/mol. The summed E-state index contributed by atoms with van der Waals surface area (Å²) in [7, 11) is 0. The van der Waals surface area contributed by atoms with Crippen molar-refractivity contribution < 1.29 is 16.5 Å². The smallest absolute Gasteiger partial charge is 0 e. The Labute approximate surface area is 121 Å². The summed E-state index contributed by atoms with van der Waals surface area (Å²) in [5.74, 6) is 0. The SMILES string of the molecule is C1=CC(C2CCCC[N-]2)[N-]CC1.[Ni].c1cc[cH-]c1. The average Bonchev–Trinajstić information content (AvgIpc) is 3.00. The van der Waals surface area contributed by atoms with Crippen LogP contribution in [0.25, 0.3) is 10.6 Å². The van der Waals surface area contributed by atoms with Gasteiger partial charge in [0, 0.05) is 16.5 Å². The molecule has 1 aromatic carbocycles. The minimum absolute atomic E-state index is 0. The van der Waals surface area contributed by atoms with E-state index in [2.05, 4.69) is 22.8 Å². The van der Waals surface area contributed by atoms with Gasteiger partial charge in [-0.2, -0.15) is 18.2 Å². The zero-order chi connectivity index (χ0) is 11.8. The van der Waals surface area contributed by atoms with E-state index in [1.165, 1.54) is 19.3 Å². The Morgan fingerprint density at radius 1 is 1.00 bits per heavy atom. The zero-order valence-corrected chi connectivity index (χ0v) is 11.6. The summed E-state index contributed by atoms with van der Waals surface area (Å²) in [6, 6.07) is 10.9. The predicted octanol–water partition coefficient (Wildman–Crippen LogP) is 4.02. The van der Waals surface area contributed by atoms with Crippen LogP contribution in [-0.2, 0) is 16.5 Å². The fraction of sp³-hybridized carbons (Fsp3) is 0.533. The maximum Gasteiger partial charge on any atom is 0 e. The third-order valence-corrected chi connectivity index (χ3v) is 3.19. The molecule has 1 aromatic rings. The summed E-state index contributed by atoms with van der Waals surface area (Å²) in [6.45, 7) is 2.07. The van der Waals surface area contributed by atoms with Crippen LogP contribution in [0.3, 0.4) is 0 Å². The van der Waals surface area contributed by atoms with E-state index >= 15 is 0 Å². The third kappa shape index (κ3) is 5.43. The first-order chi connectivity index (χ1) is 8.47. The van der Waals surface area contributed by atoms with Crippen molar-refractivity contribution in [1.29, 1.82) is 0 Å². The second kappa shape index (κ2) is 9.44. The van der Waals surface area contributed by atoms with Crippen LogP contribution in [0.5, 0.6) is 0 Å². The summed E-state index contributed by atoms with van der Waals surface area (Å²) >= 11 is 0. The van der Waals surface area contributed by atoms with Crippen LogP contribution in [0.1, 0.15) is 25.7 Å². The topological polar surface area (TPSA) is 28.2 Å². The first kappa shape index (κ1) is 15.6. The molecule has 1 saturated heterocycles. The molecule has 0 saturated carbocycles. The van der Waals surface area contributed by atoms with Crippen LogP contribution in [0, 0.1) is 0 Å². The van der Waals surface area contributed by atoms with Crippen molar-refractivity contribution in [2.24, 2.45) is 0 Å². The largest absolute Gasteiger partial charge is 0.660 e.